The number of carbonyl (C=O) groups is 1. The summed E-state index contributed by atoms with van der Waals surface area (Å²) in [5.74, 6) is 1.16. The standard InChI is InChI=1S/C36H41N3O6S/c1-21-14-15-30(43-20-23-18-35(3,4)45-36(5,6)19-23)31-27(34(40)39-46(41,42)25-11-9-10-24(37)16-25)17-28(38-32(21)31)33-22(2)26-12-7-8-13-29(26)44-33/h8-11,13-17,23H,7,12,18-20,37H2,1-6H3,(H,39,40). The number of sulfonamides is 1. The van der Waals surface area contributed by atoms with E-state index in [-0.39, 0.29) is 33.3 Å². The second-order valence-electron chi connectivity index (χ2n) is 13.7. The Kier molecular flexibility index (Phi) is 8.01. The maximum absolute atomic E-state index is 14.1. The number of nitrogen functional groups attached to an aromatic ring is 1. The molecule has 0 spiro atoms. The minimum absolute atomic E-state index is 0.113. The largest absolute Gasteiger partial charge is 0.493 e. The van der Waals surface area contributed by atoms with Gasteiger partial charge in [0.2, 0.25) is 0 Å². The number of benzene rings is 2. The van der Waals surface area contributed by atoms with E-state index in [0.29, 0.717) is 34.7 Å². The van der Waals surface area contributed by atoms with Crippen LogP contribution in [0.15, 0.2) is 57.9 Å². The Morgan fingerprint density at radius 1 is 1.09 bits per heavy atom. The van der Waals surface area contributed by atoms with Gasteiger partial charge in [-0.25, -0.2) is 18.1 Å². The number of aromatic nitrogens is 1. The van der Waals surface area contributed by atoms with E-state index in [2.05, 4.69) is 38.5 Å². The molecule has 2 aromatic carbocycles. The van der Waals surface area contributed by atoms with Gasteiger partial charge in [-0.15, -0.1) is 0 Å². The second-order valence-corrected chi connectivity index (χ2v) is 15.4. The Bertz CT molecular complexity index is 1970. The van der Waals surface area contributed by atoms with Crippen molar-refractivity contribution < 1.29 is 27.1 Å². The summed E-state index contributed by atoms with van der Waals surface area (Å²) in [5, 5.41) is 0.434. The average Bonchev–Trinajstić information content (AvgIpc) is 3.31. The van der Waals surface area contributed by atoms with Crippen LogP contribution in [0.1, 0.15) is 79.8 Å². The number of nitrogens with two attached hydrogens (primary N) is 1. The predicted molar refractivity (Wildman–Crippen MR) is 179 cm³/mol. The first-order chi connectivity index (χ1) is 21.6. The summed E-state index contributed by atoms with van der Waals surface area (Å²) in [7, 11) is -4.25. The number of pyridine rings is 1. The van der Waals surface area contributed by atoms with Crippen LogP contribution < -0.4 is 15.2 Å². The third-order valence-electron chi connectivity index (χ3n) is 8.72. The summed E-state index contributed by atoms with van der Waals surface area (Å²) < 4.78 is 48.0. The van der Waals surface area contributed by atoms with E-state index in [0.717, 1.165) is 48.1 Å². The van der Waals surface area contributed by atoms with Gasteiger partial charge in [0, 0.05) is 16.8 Å². The van der Waals surface area contributed by atoms with Gasteiger partial charge < -0.3 is 19.6 Å². The normalized spacial score (nSPS) is 17.5. The number of anilines is 1. The van der Waals surface area contributed by atoms with Gasteiger partial charge in [0.05, 0.1) is 39.2 Å². The van der Waals surface area contributed by atoms with Crippen molar-refractivity contribution >= 4 is 38.6 Å². The van der Waals surface area contributed by atoms with Crippen LogP contribution in [0.5, 0.6) is 5.75 Å². The quantitative estimate of drug-likeness (QED) is 0.203. The van der Waals surface area contributed by atoms with Crippen molar-refractivity contribution in [2.75, 3.05) is 12.3 Å². The van der Waals surface area contributed by atoms with Crippen LogP contribution in [0.2, 0.25) is 0 Å². The van der Waals surface area contributed by atoms with Gasteiger partial charge in [0.1, 0.15) is 17.2 Å². The summed E-state index contributed by atoms with van der Waals surface area (Å²) >= 11 is 0. The van der Waals surface area contributed by atoms with E-state index in [1.165, 1.54) is 18.2 Å². The van der Waals surface area contributed by atoms with E-state index < -0.39 is 15.9 Å². The minimum atomic E-state index is -4.25. The Balaban J connectivity index is 1.46. The van der Waals surface area contributed by atoms with Crippen molar-refractivity contribution in [2.45, 2.75) is 83.3 Å². The molecule has 0 bridgehead atoms. The number of fused-ring (bicyclic) bond motifs is 2. The van der Waals surface area contributed by atoms with Gasteiger partial charge in [-0.2, -0.15) is 0 Å². The van der Waals surface area contributed by atoms with Crippen LogP contribution >= 0.6 is 0 Å². The van der Waals surface area contributed by atoms with Crippen molar-refractivity contribution in [3.63, 3.8) is 0 Å². The molecule has 1 aliphatic carbocycles. The lowest BCUT2D eigenvalue weighted by Gasteiger charge is -2.45. The molecule has 46 heavy (non-hydrogen) atoms. The van der Waals surface area contributed by atoms with E-state index in [1.807, 2.05) is 32.1 Å². The van der Waals surface area contributed by atoms with Crippen molar-refractivity contribution in [1.82, 2.24) is 9.71 Å². The van der Waals surface area contributed by atoms with Gasteiger partial charge >= 0.3 is 0 Å². The van der Waals surface area contributed by atoms with Gasteiger partial charge in [0.25, 0.3) is 15.9 Å². The first-order valence-corrected chi connectivity index (χ1v) is 17.1. The lowest BCUT2D eigenvalue weighted by atomic mass is 9.81. The SMILES string of the molecule is Cc1c(-c2cc(C(=O)NS(=O)(=O)c3cccc(N)c3)c3c(OCC4CC(C)(C)OC(C)(C)C4)ccc(C)c3n2)oc2c1CCC=C2. The summed E-state index contributed by atoms with van der Waals surface area (Å²) in [6, 6.07) is 11.1. The first kappa shape index (κ1) is 31.8. The molecule has 2 aliphatic rings. The lowest BCUT2D eigenvalue weighted by Crippen LogP contribution is -2.46. The number of ether oxygens (including phenoxy) is 2. The molecule has 1 saturated heterocycles. The third kappa shape index (κ3) is 6.28. The van der Waals surface area contributed by atoms with Crippen LogP contribution in [-0.2, 0) is 21.2 Å². The molecule has 0 radical (unpaired) electrons. The number of rotatable bonds is 7. The fourth-order valence-corrected chi connectivity index (χ4v) is 8.09. The van der Waals surface area contributed by atoms with E-state index in [4.69, 9.17) is 24.6 Å². The predicted octanol–water partition coefficient (Wildman–Crippen LogP) is 7.13. The molecule has 1 aliphatic heterocycles. The molecule has 10 heteroatoms. The highest BCUT2D eigenvalue weighted by Gasteiger charge is 2.39. The Labute approximate surface area is 270 Å². The molecular formula is C36H41N3O6S. The topological polar surface area (TPSA) is 134 Å². The second kappa shape index (κ2) is 11.6. The number of hydrogen-bond acceptors (Lipinski definition) is 8. The summed E-state index contributed by atoms with van der Waals surface area (Å²) in [5.41, 5.74) is 9.43. The summed E-state index contributed by atoms with van der Waals surface area (Å²) in [6.45, 7) is 12.6. The van der Waals surface area contributed by atoms with Crippen molar-refractivity contribution in [1.29, 1.82) is 0 Å². The molecule has 3 heterocycles. The maximum Gasteiger partial charge on any atom is 0.265 e. The van der Waals surface area contributed by atoms with Gasteiger partial charge in [-0.3, -0.25) is 4.79 Å². The van der Waals surface area contributed by atoms with Crippen LogP contribution in [0.4, 0.5) is 5.69 Å². The molecule has 0 saturated carbocycles. The monoisotopic (exact) mass is 643 g/mol. The van der Waals surface area contributed by atoms with Crippen LogP contribution in [0.3, 0.4) is 0 Å². The smallest absolute Gasteiger partial charge is 0.265 e. The minimum Gasteiger partial charge on any atom is -0.493 e. The highest BCUT2D eigenvalue weighted by atomic mass is 32.2. The molecular weight excluding hydrogens is 602 g/mol. The fraction of sp³-hybridized carbons (Fsp3) is 0.389. The van der Waals surface area contributed by atoms with E-state index in [9.17, 15) is 13.2 Å². The Hall–Kier alpha value is -4.15. The van der Waals surface area contributed by atoms with Crippen molar-refractivity contribution in [3.8, 4) is 17.2 Å². The summed E-state index contributed by atoms with van der Waals surface area (Å²) in [6.07, 6.45) is 7.40. The van der Waals surface area contributed by atoms with E-state index >= 15 is 0 Å². The van der Waals surface area contributed by atoms with Crippen molar-refractivity contribution in [3.05, 3.63) is 76.6 Å². The highest BCUT2D eigenvalue weighted by molar-refractivity contribution is 7.90. The third-order valence-corrected chi connectivity index (χ3v) is 10.0. The van der Waals surface area contributed by atoms with Gasteiger partial charge in [0.15, 0.2) is 5.76 Å². The molecule has 0 unspecified atom stereocenters. The number of carbonyl (C=O) groups excluding carboxylic acids is 1. The molecule has 3 N–H and O–H groups in total. The fourth-order valence-electron chi connectivity index (χ4n) is 7.07. The Morgan fingerprint density at radius 3 is 2.52 bits per heavy atom. The maximum atomic E-state index is 14.1. The van der Waals surface area contributed by atoms with E-state index in [1.54, 1.807) is 12.1 Å². The molecule has 1 amide bonds. The highest BCUT2D eigenvalue weighted by Crippen LogP contribution is 2.41. The molecule has 4 aromatic rings. The van der Waals surface area contributed by atoms with Crippen molar-refractivity contribution in [2.24, 2.45) is 5.92 Å². The average molecular weight is 644 g/mol. The first-order valence-electron chi connectivity index (χ1n) is 15.6. The van der Waals surface area contributed by atoms with Crippen LogP contribution in [0, 0.1) is 19.8 Å². The molecule has 0 atom stereocenters. The van der Waals surface area contributed by atoms with Crippen LogP contribution in [0.25, 0.3) is 28.4 Å². The zero-order chi connectivity index (χ0) is 33.0. The summed E-state index contributed by atoms with van der Waals surface area (Å²) in [4.78, 5) is 19.0. The molecule has 2 aromatic heterocycles. The van der Waals surface area contributed by atoms with Crippen LogP contribution in [-0.4, -0.2) is 37.1 Å². The number of nitrogens with one attached hydrogen (secondary N) is 1. The van der Waals surface area contributed by atoms with Gasteiger partial charge in [-0.05, 0) is 115 Å². The number of allylic oxidation sites excluding steroid dienone is 1. The molecule has 6 rings (SSSR count). The number of nitrogens with zero attached hydrogens (tertiary/aromatic N) is 1. The molecule has 1 fully saturated rings. The number of furan rings is 1. The number of amides is 1. The lowest BCUT2D eigenvalue weighted by molar-refractivity contribution is -0.175. The zero-order valence-electron chi connectivity index (χ0n) is 27.2. The zero-order valence-corrected chi connectivity index (χ0v) is 28.0. The molecule has 9 nitrogen and oxygen atoms in total. The number of hydrogen-bond donors (Lipinski definition) is 2. The Morgan fingerprint density at radius 2 is 1.83 bits per heavy atom. The van der Waals surface area contributed by atoms with Gasteiger partial charge in [-0.1, -0.05) is 18.2 Å². The number of aryl methyl sites for hydroxylation is 1. The molecule has 242 valence electrons.